The lowest BCUT2D eigenvalue weighted by molar-refractivity contribution is -0.122. The topological polar surface area (TPSA) is 68.5 Å². The van der Waals surface area contributed by atoms with E-state index in [1.165, 1.54) is 0 Å². The van der Waals surface area contributed by atoms with Gasteiger partial charge in [0.2, 0.25) is 5.91 Å². The molecule has 5 nitrogen and oxygen atoms in total. The van der Waals surface area contributed by atoms with Gasteiger partial charge >= 0.3 is 0 Å². The summed E-state index contributed by atoms with van der Waals surface area (Å²) >= 11 is 0. The normalized spacial score (nSPS) is 18.0. The van der Waals surface area contributed by atoms with Gasteiger partial charge in [-0.3, -0.25) is 14.7 Å². The third-order valence-electron chi connectivity index (χ3n) is 4.09. The van der Waals surface area contributed by atoms with E-state index in [0.29, 0.717) is 13.2 Å². The molecule has 2 aromatic rings. The van der Waals surface area contributed by atoms with Gasteiger partial charge in [-0.15, -0.1) is 0 Å². The van der Waals surface area contributed by atoms with Crippen LogP contribution >= 0.6 is 0 Å². The van der Waals surface area contributed by atoms with Gasteiger partial charge in [0.05, 0.1) is 11.7 Å². The number of primary amides is 1. The first-order valence-electron chi connectivity index (χ1n) is 7.87. The summed E-state index contributed by atoms with van der Waals surface area (Å²) in [7, 11) is 0. The SMILES string of the molecule is NC(=O)C1CCCN1Cc1cccc(OCc2ccccn2)c1. The van der Waals surface area contributed by atoms with Gasteiger partial charge in [0.15, 0.2) is 0 Å². The zero-order chi connectivity index (χ0) is 16.1. The van der Waals surface area contributed by atoms with E-state index in [2.05, 4.69) is 9.88 Å². The second-order valence-electron chi connectivity index (χ2n) is 5.79. The van der Waals surface area contributed by atoms with Crippen LogP contribution in [0.2, 0.25) is 0 Å². The molecule has 1 aliphatic heterocycles. The first-order valence-corrected chi connectivity index (χ1v) is 7.87. The number of likely N-dealkylation sites (tertiary alicyclic amines) is 1. The van der Waals surface area contributed by atoms with Gasteiger partial charge in [-0.25, -0.2) is 0 Å². The minimum Gasteiger partial charge on any atom is -0.487 e. The first kappa shape index (κ1) is 15.5. The standard InChI is InChI=1S/C18H21N3O2/c19-18(22)17-8-4-10-21(17)12-14-5-3-7-16(11-14)23-13-15-6-1-2-9-20-15/h1-3,5-7,9,11,17H,4,8,10,12-13H2,(H2,19,22). The summed E-state index contributed by atoms with van der Waals surface area (Å²) in [4.78, 5) is 17.9. The lowest BCUT2D eigenvalue weighted by Crippen LogP contribution is -2.39. The van der Waals surface area contributed by atoms with Crippen LogP contribution in [0.4, 0.5) is 0 Å². The van der Waals surface area contributed by atoms with Gasteiger partial charge < -0.3 is 10.5 Å². The summed E-state index contributed by atoms with van der Waals surface area (Å²) in [5.74, 6) is 0.577. The van der Waals surface area contributed by atoms with Crippen molar-refractivity contribution in [3.8, 4) is 5.75 Å². The number of aromatic nitrogens is 1. The molecular weight excluding hydrogens is 290 g/mol. The smallest absolute Gasteiger partial charge is 0.234 e. The minimum absolute atomic E-state index is 0.145. The predicted molar refractivity (Wildman–Crippen MR) is 87.6 cm³/mol. The van der Waals surface area contributed by atoms with Gasteiger partial charge in [-0.1, -0.05) is 18.2 Å². The van der Waals surface area contributed by atoms with Crippen LogP contribution < -0.4 is 10.5 Å². The Bertz CT molecular complexity index is 660. The molecule has 3 rings (SSSR count). The van der Waals surface area contributed by atoms with Crippen LogP contribution in [-0.4, -0.2) is 28.4 Å². The fraction of sp³-hybridized carbons (Fsp3) is 0.333. The van der Waals surface area contributed by atoms with Crippen molar-refractivity contribution in [2.75, 3.05) is 6.54 Å². The van der Waals surface area contributed by atoms with E-state index in [1.807, 2.05) is 42.5 Å². The minimum atomic E-state index is -0.231. The lowest BCUT2D eigenvalue weighted by Gasteiger charge is -2.22. The molecule has 1 fully saturated rings. The van der Waals surface area contributed by atoms with Crippen molar-refractivity contribution in [1.82, 2.24) is 9.88 Å². The molecule has 1 aromatic carbocycles. The maximum absolute atomic E-state index is 11.5. The van der Waals surface area contributed by atoms with Crippen LogP contribution in [0, 0.1) is 0 Å². The molecule has 1 aromatic heterocycles. The Labute approximate surface area is 136 Å². The highest BCUT2D eigenvalue weighted by molar-refractivity contribution is 5.80. The number of benzene rings is 1. The Hall–Kier alpha value is -2.40. The lowest BCUT2D eigenvalue weighted by atomic mass is 10.1. The molecule has 0 radical (unpaired) electrons. The van der Waals surface area contributed by atoms with Crippen molar-refractivity contribution >= 4 is 5.91 Å². The number of pyridine rings is 1. The molecule has 1 amide bonds. The Morgan fingerprint density at radius 1 is 1.30 bits per heavy atom. The summed E-state index contributed by atoms with van der Waals surface area (Å²) in [5, 5.41) is 0. The first-order chi connectivity index (χ1) is 11.2. The van der Waals surface area contributed by atoms with Crippen molar-refractivity contribution in [1.29, 1.82) is 0 Å². The number of amides is 1. The summed E-state index contributed by atoms with van der Waals surface area (Å²) in [6, 6.07) is 13.6. The highest BCUT2D eigenvalue weighted by Gasteiger charge is 2.28. The van der Waals surface area contributed by atoms with Crippen LogP contribution in [0.25, 0.3) is 0 Å². The number of nitrogens with two attached hydrogens (primary N) is 1. The van der Waals surface area contributed by atoms with Crippen molar-refractivity contribution in [3.05, 3.63) is 59.9 Å². The molecule has 5 heteroatoms. The van der Waals surface area contributed by atoms with E-state index >= 15 is 0 Å². The third kappa shape index (κ3) is 4.07. The second-order valence-corrected chi connectivity index (χ2v) is 5.79. The van der Waals surface area contributed by atoms with Gasteiger partial charge in [0.1, 0.15) is 12.4 Å². The third-order valence-corrected chi connectivity index (χ3v) is 4.09. The number of ether oxygens (including phenoxy) is 1. The molecule has 0 aliphatic carbocycles. The van der Waals surface area contributed by atoms with Crippen molar-refractivity contribution in [2.45, 2.75) is 32.0 Å². The number of nitrogens with zero attached hydrogens (tertiary/aromatic N) is 2. The van der Waals surface area contributed by atoms with E-state index in [9.17, 15) is 4.79 Å². The second kappa shape index (κ2) is 7.24. The number of hydrogen-bond donors (Lipinski definition) is 1. The van der Waals surface area contributed by atoms with E-state index < -0.39 is 0 Å². The molecule has 1 atom stereocenters. The Kier molecular flexibility index (Phi) is 4.88. The van der Waals surface area contributed by atoms with E-state index in [1.54, 1.807) is 6.20 Å². The number of hydrogen-bond acceptors (Lipinski definition) is 4. The van der Waals surface area contributed by atoms with E-state index in [4.69, 9.17) is 10.5 Å². The van der Waals surface area contributed by atoms with Crippen LogP contribution in [0.15, 0.2) is 48.7 Å². The van der Waals surface area contributed by atoms with Crippen LogP contribution in [0.5, 0.6) is 5.75 Å². The molecule has 1 saturated heterocycles. The zero-order valence-electron chi connectivity index (χ0n) is 13.0. The molecule has 0 bridgehead atoms. The van der Waals surface area contributed by atoms with Gasteiger partial charge in [-0.05, 0) is 49.2 Å². The highest BCUT2D eigenvalue weighted by atomic mass is 16.5. The number of rotatable bonds is 6. The Morgan fingerprint density at radius 3 is 3.00 bits per heavy atom. The van der Waals surface area contributed by atoms with Crippen molar-refractivity contribution in [3.63, 3.8) is 0 Å². The predicted octanol–water partition coefficient (Wildman–Crippen LogP) is 2.11. The molecular formula is C18H21N3O2. The van der Waals surface area contributed by atoms with Crippen LogP contribution in [0.1, 0.15) is 24.1 Å². The maximum atomic E-state index is 11.5. The fourth-order valence-corrected chi connectivity index (χ4v) is 2.95. The average molecular weight is 311 g/mol. The fourth-order valence-electron chi connectivity index (χ4n) is 2.95. The number of carbonyl (C=O) groups is 1. The van der Waals surface area contributed by atoms with Crippen LogP contribution in [0.3, 0.4) is 0 Å². The molecule has 2 heterocycles. The van der Waals surface area contributed by atoms with Gasteiger partial charge in [-0.2, -0.15) is 0 Å². The monoisotopic (exact) mass is 311 g/mol. The summed E-state index contributed by atoms with van der Waals surface area (Å²) in [6.45, 7) is 2.07. The van der Waals surface area contributed by atoms with E-state index in [-0.39, 0.29) is 11.9 Å². The summed E-state index contributed by atoms with van der Waals surface area (Å²) in [5.41, 5.74) is 7.49. The van der Waals surface area contributed by atoms with Crippen molar-refractivity contribution < 1.29 is 9.53 Å². The number of carbonyl (C=O) groups excluding carboxylic acids is 1. The Morgan fingerprint density at radius 2 is 2.22 bits per heavy atom. The van der Waals surface area contributed by atoms with E-state index in [0.717, 1.165) is 36.4 Å². The van der Waals surface area contributed by atoms with Gasteiger partial charge in [0, 0.05) is 12.7 Å². The molecule has 1 unspecified atom stereocenters. The summed E-state index contributed by atoms with van der Waals surface area (Å²) in [6.07, 6.45) is 3.63. The van der Waals surface area contributed by atoms with Gasteiger partial charge in [0.25, 0.3) is 0 Å². The highest BCUT2D eigenvalue weighted by Crippen LogP contribution is 2.22. The van der Waals surface area contributed by atoms with Crippen LogP contribution in [-0.2, 0) is 17.9 Å². The molecule has 23 heavy (non-hydrogen) atoms. The average Bonchev–Trinajstić information content (AvgIpc) is 3.03. The molecule has 2 N–H and O–H groups in total. The largest absolute Gasteiger partial charge is 0.487 e. The Balaban J connectivity index is 1.62. The van der Waals surface area contributed by atoms with Crippen molar-refractivity contribution in [2.24, 2.45) is 5.73 Å². The molecule has 0 saturated carbocycles. The maximum Gasteiger partial charge on any atom is 0.234 e. The molecule has 1 aliphatic rings. The molecule has 0 spiro atoms. The quantitative estimate of drug-likeness (QED) is 0.887. The summed E-state index contributed by atoms with van der Waals surface area (Å²) < 4.78 is 5.80. The molecule has 120 valence electrons. The zero-order valence-corrected chi connectivity index (χ0v) is 13.0.